The zero-order valence-electron chi connectivity index (χ0n) is 55.1. The number of hydrogen-bond acceptors (Lipinski definition) is 10. The Hall–Kier alpha value is -9.53. The predicted octanol–water partition coefficient (Wildman–Crippen LogP) is 20.9. The standard InChI is InChI=1S/C82H78N4O8Si2/c1-7-87-95(88-8-2,89-9-3)93-57-61-53-77-75-55-69(49-51-79(75)85(65-33-21-15-22-34-65)81(77)73-39-27-25-37-71(61)73)83(63-29-17-13-18-30-63)67-45-41-59(42-46-67)60-43-47-68(48-44-60)84(64-31-19-14-20-32-64)70-50-52-80-76(56-70)78-54-62(58-94-96(90-10-4,91-11-5)92-12-6)72-38-26-28-40-74(72)82(78)86(80)66-35-23-16-24-36-66/h13-56H,7-12,57-58H2,1-6H3. The normalized spacial score (nSPS) is 12.1. The van der Waals surface area contributed by atoms with Gasteiger partial charge in [0.2, 0.25) is 0 Å². The lowest BCUT2D eigenvalue weighted by molar-refractivity contribution is -0.0326. The Morgan fingerprint density at radius 2 is 0.552 bits per heavy atom. The molecule has 0 unspecified atom stereocenters. The van der Waals surface area contributed by atoms with Gasteiger partial charge in [-0.05, 0) is 196 Å². The highest BCUT2D eigenvalue weighted by Gasteiger charge is 2.46. The number of fused-ring (bicyclic) bond motifs is 10. The van der Waals surface area contributed by atoms with Gasteiger partial charge in [0.1, 0.15) is 0 Å². The summed E-state index contributed by atoms with van der Waals surface area (Å²) in [5.41, 5.74) is 17.0. The van der Waals surface area contributed by atoms with Gasteiger partial charge in [0.15, 0.2) is 0 Å². The fourth-order valence-electron chi connectivity index (χ4n) is 13.6. The molecule has 482 valence electrons. The summed E-state index contributed by atoms with van der Waals surface area (Å²) < 4.78 is 55.3. The van der Waals surface area contributed by atoms with Crippen molar-refractivity contribution in [1.29, 1.82) is 0 Å². The summed E-state index contributed by atoms with van der Waals surface area (Å²) in [5, 5.41) is 8.85. The van der Waals surface area contributed by atoms with Crippen LogP contribution in [0.4, 0.5) is 34.1 Å². The molecule has 0 fully saturated rings. The van der Waals surface area contributed by atoms with Gasteiger partial charge >= 0.3 is 18.1 Å². The second kappa shape index (κ2) is 28.4. The van der Waals surface area contributed by atoms with Crippen molar-refractivity contribution in [2.75, 3.05) is 49.4 Å². The monoisotopic (exact) mass is 1300 g/mol. The fourth-order valence-corrected chi connectivity index (χ4v) is 17.4. The van der Waals surface area contributed by atoms with Crippen LogP contribution >= 0.6 is 0 Å². The van der Waals surface area contributed by atoms with Crippen molar-refractivity contribution >= 4 is 117 Å². The van der Waals surface area contributed by atoms with Crippen LogP contribution in [0.15, 0.2) is 267 Å². The van der Waals surface area contributed by atoms with Crippen LogP contribution in [0.5, 0.6) is 0 Å². The van der Waals surface area contributed by atoms with Gasteiger partial charge in [-0.3, -0.25) is 0 Å². The maximum absolute atomic E-state index is 6.69. The lowest BCUT2D eigenvalue weighted by Gasteiger charge is -2.27. The molecule has 0 bridgehead atoms. The highest BCUT2D eigenvalue weighted by molar-refractivity contribution is 6.54. The topological polar surface area (TPSA) is 90.2 Å². The van der Waals surface area contributed by atoms with Crippen LogP contribution in [-0.4, -0.2) is 66.9 Å². The number of hydrogen-bond donors (Lipinski definition) is 0. The zero-order chi connectivity index (χ0) is 65.6. The molecule has 0 saturated heterocycles. The molecular formula is C82H78N4O8Si2. The summed E-state index contributed by atoms with van der Waals surface area (Å²) in [7, 11) is -6.91. The van der Waals surface area contributed by atoms with E-state index in [2.05, 4.69) is 286 Å². The Kier molecular flexibility index (Phi) is 18.9. The van der Waals surface area contributed by atoms with E-state index in [9.17, 15) is 0 Å². The van der Waals surface area contributed by atoms with Crippen LogP contribution in [0, 0.1) is 0 Å². The quantitative estimate of drug-likeness (QED) is 0.0464. The molecule has 0 atom stereocenters. The van der Waals surface area contributed by atoms with Gasteiger partial charge in [-0.1, -0.05) is 146 Å². The van der Waals surface area contributed by atoms with Crippen molar-refractivity contribution in [2.45, 2.75) is 54.8 Å². The third-order valence-corrected chi connectivity index (χ3v) is 22.4. The van der Waals surface area contributed by atoms with Gasteiger partial charge < -0.3 is 54.3 Å². The summed E-state index contributed by atoms with van der Waals surface area (Å²) in [5.74, 6) is 0. The third-order valence-electron chi connectivity index (χ3n) is 17.6. The van der Waals surface area contributed by atoms with Crippen LogP contribution < -0.4 is 9.80 Å². The minimum atomic E-state index is -3.46. The highest BCUT2D eigenvalue weighted by Crippen LogP contribution is 2.46. The molecule has 0 spiro atoms. The average molecular weight is 1300 g/mol. The minimum Gasteiger partial charge on any atom is -0.351 e. The number of benzene rings is 12. The van der Waals surface area contributed by atoms with E-state index in [0.29, 0.717) is 39.6 Å². The lowest BCUT2D eigenvalue weighted by Crippen LogP contribution is -2.49. The molecule has 0 aliphatic heterocycles. The van der Waals surface area contributed by atoms with Crippen molar-refractivity contribution in [3.63, 3.8) is 0 Å². The van der Waals surface area contributed by atoms with Crippen LogP contribution in [0.3, 0.4) is 0 Å². The first kappa shape index (κ1) is 63.8. The van der Waals surface area contributed by atoms with Gasteiger partial charge in [0.05, 0.1) is 35.3 Å². The molecule has 2 aromatic heterocycles. The molecule has 14 heteroatoms. The minimum absolute atomic E-state index is 0.246. The molecule has 14 rings (SSSR count). The van der Waals surface area contributed by atoms with E-state index >= 15 is 0 Å². The second-order valence-corrected chi connectivity index (χ2v) is 27.6. The van der Waals surface area contributed by atoms with E-state index in [4.69, 9.17) is 35.4 Å². The molecule has 0 aliphatic rings. The van der Waals surface area contributed by atoms with Gasteiger partial charge in [0, 0.05) is 117 Å². The van der Waals surface area contributed by atoms with Crippen molar-refractivity contribution in [3.05, 3.63) is 278 Å². The fraction of sp³-hybridized carbons (Fsp3) is 0.171. The van der Waals surface area contributed by atoms with Gasteiger partial charge in [-0.15, -0.1) is 0 Å². The molecule has 0 amide bonds. The van der Waals surface area contributed by atoms with E-state index < -0.39 is 18.1 Å². The van der Waals surface area contributed by atoms with Gasteiger partial charge in [0.25, 0.3) is 0 Å². The molecule has 12 nitrogen and oxygen atoms in total. The largest absolute Gasteiger partial charge is 0.679 e. The van der Waals surface area contributed by atoms with E-state index in [1.807, 2.05) is 41.5 Å². The van der Waals surface area contributed by atoms with E-state index in [1.165, 1.54) is 0 Å². The smallest absolute Gasteiger partial charge is 0.351 e. The van der Waals surface area contributed by atoms with Crippen molar-refractivity contribution < 1.29 is 35.4 Å². The van der Waals surface area contributed by atoms with Crippen LogP contribution in [0.25, 0.3) is 87.7 Å². The summed E-state index contributed by atoms with van der Waals surface area (Å²) in [6.07, 6.45) is 0. The first-order valence-electron chi connectivity index (χ1n) is 33.4. The molecule has 12 aromatic carbocycles. The number of para-hydroxylation sites is 4. The molecule has 96 heavy (non-hydrogen) atoms. The maximum Gasteiger partial charge on any atom is 0.679 e. The predicted molar refractivity (Wildman–Crippen MR) is 396 cm³/mol. The molecule has 14 aromatic rings. The summed E-state index contributed by atoms with van der Waals surface area (Å²) in [6, 6.07) is 95.8. The Balaban J connectivity index is 0.837. The Bertz CT molecular complexity index is 4650. The SMILES string of the molecule is CCO[Si](OCC)(OCC)OCc1cc2c3cc(N(c4ccccc4)c4ccc(-c5ccc(N(c6ccccc6)c6ccc7c(c6)c6cc(CO[Si](OCC)(OCC)OCC)c8ccccc8c6n7-c6ccccc6)cc5)cc4)ccc3n(-c3ccccc3)c2c2ccccc12. The van der Waals surface area contributed by atoms with Gasteiger partial charge in [-0.25, -0.2) is 0 Å². The van der Waals surface area contributed by atoms with Crippen molar-refractivity contribution in [3.8, 4) is 22.5 Å². The van der Waals surface area contributed by atoms with Crippen molar-refractivity contribution in [1.82, 2.24) is 9.13 Å². The molecular weight excluding hydrogens is 1230 g/mol. The number of anilines is 6. The summed E-state index contributed by atoms with van der Waals surface area (Å²) in [6.45, 7) is 14.6. The first-order chi connectivity index (χ1) is 47.3. The Morgan fingerprint density at radius 3 is 0.885 bits per heavy atom. The highest BCUT2D eigenvalue weighted by atomic mass is 28.4. The number of rotatable bonds is 27. The molecule has 0 saturated carbocycles. The van der Waals surface area contributed by atoms with E-state index in [1.54, 1.807) is 0 Å². The van der Waals surface area contributed by atoms with E-state index in [-0.39, 0.29) is 13.2 Å². The molecule has 0 aliphatic carbocycles. The zero-order valence-corrected chi connectivity index (χ0v) is 57.1. The number of aromatic nitrogens is 2. The summed E-state index contributed by atoms with van der Waals surface area (Å²) >= 11 is 0. The third kappa shape index (κ3) is 12.3. The van der Waals surface area contributed by atoms with Crippen LogP contribution in [0.1, 0.15) is 52.7 Å². The molecule has 0 radical (unpaired) electrons. The maximum atomic E-state index is 6.69. The Labute approximate surface area is 563 Å². The van der Waals surface area contributed by atoms with E-state index in [0.717, 1.165) is 133 Å². The average Bonchev–Trinajstić information content (AvgIpc) is 1.57. The van der Waals surface area contributed by atoms with Crippen LogP contribution in [0.2, 0.25) is 0 Å². The number of nitrogens with zero attached hydrogens (tertiary/aromatic N) is 4. The lowest BCUT2D eigenvalue weighted by atomic mass is 10.00. The molecule has 2 heterocycles. The first-order valence-corrected chi connectivity index (χ1v) is 36.7. The van der Waals surface area contributed by atoms with Gasteiger partial charge in [-0.2, -0.15) is 0 Å². The molecule has 0 N–H and O–H groups in total. The Morgan fingerprint density at radius 1 is 0.260 bits per heavy atom. The van der Waals surface area contributed by atoms with Crippen LogP contribution in [-0.2, 0) is 48.6 Å². The van der Waals surface area contributed by atoms with Crippen molar-refractivity contribution in [2.24, 2.45) is 0 Å². The second-order valence-electron chi connectivity index (χ2n) is 23.3. The summed E-state index contributed by atoms with van der Waals surface area (Å²) in [4.78, 5) is 4.69.